The maximum atomic E-state index is 11.1. The maximum absolute atomic E-state index is 11.1. The highest BCUT2D eigenvalue weighted by atomic mass is 16.6. The molecule has 1 aromatic rings. The number of hydrogen-bond donors (Lipinski definition) is 2. The van der Waals surface area contributed by atoms with Gasteiger partial charge in [0, 0.05) is 12.6 Å². The third-order valence-corrected chi connectivity index (χ3v) is 3.46. The van der Waals surface area contributed by atoms with Crippen molar-refractivity contribution in [3.8, 4) is 0 Å². The van der Waals surface area contributed by atoms with Gasteiger partial charge in [-0.15, -0.1) is 0 Å². The van der Waals surface area contributed by atoms with Crippen LogP contribution in [0.2, 0.25) is 0 Å². The second kappa shape index (κ2) is 6.98. The van der Waals surface area contributed by atoms with Gasteiger partial charge in [0.25, 0.3) is 5.69 Å². The van der Waals surface area contributed by atoms with E-state index in [9.17, 15) is 14.9 Å². The minimum absolute atomic E-state index is 0.175. The monoisotopic (exact) mass is 294 g/mol. The Morgan fingerprint density at radius 2 is 2.19 bits per heavy atom. The number of hydrogen-bond acceptors (Lipinski definition) is 6. The number of carboxylic acid groups (broad SMARTS) is 1. The summed E-state index contributed by atoms with van der Waals surface area (Å²) in [5.41, 5.74) is -0.500. The zero-order valence-corrected chi connectivity index (χ0v) is 11.6. The lowest BCUT2D eigenvalue weighted by Gasteiger charge is -2.14. The number of aromatic carboxylic acids is 1. The molecule has 21 heavy (non-hydrogen) atoms. The fourth-order valence-electron chi connectivity index (χ4n) is 2.37. The zero-order chi connectivity index (χ0) is 15.2. The number of nitro groups is 1. The lowest BCUT2D eigenvalue weighted by Crippen LogP contribution is -2.22. The summed E-state index contributed by atoms with van der Waals surface area (Å²) in [7, 11) is 0. The van der Waals surface area contributed by atoms with Crippen LogP contribution in [0.4, 0.5) is 11.5 Å². The fourth-order valence-corrected chi connectivity index (χ4v) is 2.37. The summed E-state index contributed by atoms with van der Waals surface area (Å²) in [4.78, 5) is 27.3. The van der Waals surface area contributed by atoms with Crippen molar-refractivity contribution in [2.75, 3.05) is 31.5 Å². The molecule has 2 rings (SSSR count). The predicted octanol–water partition coefficient (Wildman–Crippen LogP) is 1.59. The molecule has 0 amide bonds. The van der Waals surface area contributed by atoms with Gasteiger partial charge in [-0.1, -0.05) is 0 Å². The molecule has 0 aromatic carbocycles. The van der Waals surface area contributed by atoms with Crippen LogP contribution in [0.15, 0.2) is 12.3 Å². The molecule has 0 radical (unpaired) electrons. The average Bonchev–Trinajstić information content (AvgIpc) is 2.96. The predicted molar refractivity (Wildman–Crippen MR) is 76.6 cm³/mol. The van der Waals surface area contributed by atoms with Crippen molar-refractivity contribution in [1.82, 2.24) is 9.88 Å². The molecule has 1 aromatic heterocycles. The Kier molecular flexibility index (Phi) is 5.04. The number of pyridine rings is 1. The Balaban J connectivity index is 1.92. The second-order valence-electron chi connectivity index (χ2n) is 4.98. The van der Waals surface area contributed by atoms with E-state index >= 15 is 0 Å². The van der Waals surface area contributed by atoms with Gasteiger partial charge >= 0.3 is 5.97 Å². The molecular weight excluding hydrogens is 276 g/mol. The Hall–Kier alpha value is -2.22. The topological polar surface area (TPSA) is 109 Å². The van der Waals surface area contributed by atoms with Crippen LogP contribution < -0.4 is 5.32 Å². The third kappa shape index (κ3) is 4.12. The van der Waals surface area contributed by atoms with Gasteiger partial charge in [-0.05, 0) is 38.9 Å². The van der Waals surface area contributed by atoms with Crippen LogP contribution in [-0.2, 0) is 0 Å². The van der Waals surface area contributed by atoms with Crippen LogP contribution in [0.5, 0.6) is 0 Å². The van der Waals surface area contributed by atoms with Crippen LogP contribution in [0.3, 0.4) is 0 Å². The van der Waals surface area contributed by atoms with Gasteiger partial charge in [0.2, 0.25) is 0 Å². The maximum Gasteiger partial charge on any atom is 0.339 e. The summed E-state index contributed by atoms with van der Waals surface area (Å²) in [5, 5.41) is 22.7. The van der Waals surface area contributed by atoms with Crippen molar-refractivity contribution in [2.45, 2.75) is 19.3 Å². The molecule has 2 N–H and O–H groups in total. The normalized spacial score (nSPS) is 15.0. The van der Waals surface area contributed by atoms with E-state index in [1.54, 1.807) is 0 Å². The summed E-state index contributed by atoms with van der Waals surface area (Å²) in [5.74, 6) is -1.05. The molecule has 114 valence electrons. The van der Waals surface area contributed by atoms with Gasteiger partial charge in [0.1, 0.15) is 17.6 Å². The number of carboxylic acids is 1. The number of nitrogens with one attached hydrogen (secondary N) is 1. The molecule has 0 saturated carbocycles. The minimum Gasteiger partial charge on any atom is -0.478 e. The molecule has 1 aliphatic rings. The number of rotatable bonds is 7. The van der Waals surface area contributed by atoms with Gasteiger partial charge in [-0.25, -0.2) is 9.78 Å². The Morgan fingerprint density at radius 1 is 1.48 bits per heavy atom. The summed E-state index contributed by atoms with van der Waals surface area (Å²) < 4.78 is 0. The first-order valence-electron chi connectivity index (χ1n) is 6.92. The van der Waals surface area contributed by atoms with Gasteiger partial charge in [0.05, 0.1) is 4.92 Å². The Bertz CT molecular complexity index is 529. The van der Waals surface area contributed by atoms with Gasteiger partial charge in [0.15, 0.2) is 0 Å². The van der Waals surface area contributed by atoms with Crippen LogP contribution in [-0.4, -0.2) is 52.1 Å². The summed E-state index contributed by atoms with van der Waals surface area (Å²) in [6.45, 7) is 3.79. The molecule has 0 atom stereocenters. The molecule has 0 aliphatic carbocycles. The quantitative estimate of drug-likeness (QED) is 0.446. The molecule has 2 heterocycles. The molecular formula is C13H18N4O4. The minimum atomic E-state index is -1.23. The van der Waals surface area contributed by atoms with E-state index in [0.29, 0.717) is 6.54 Å². The van der Waals surface area contributed by atoms with E-state index in [4.69, 9.17) is 5.11 Å². The SMILES string of the molecule is O=C(O)c1cc([N+](=O)[O-])cnc1NCCCN1CCCC1. The average molecular weight is 294 g/mol. The standard InChI is InChI=1S/C13H18N4O4/c18-13(19)11-8-10(17(20)21)9-15-12(11)14-4-3-7-16-5-1-2-6-16/h8-9H,1-7H2,(H,14,15)(H,18,19). The Morgan fingerprint density at radius 3 is 2.81 bits per heavy atom. The van der Waals surface area contributed by atoms with Crippen molar-refractivity contribution >= 4 is 17.5 Å². The van der Waals surface area contributed by atoms with E-state index < -0.39 is 10.9 Å². The first kappa shape index (κ1) is 15.2. The highest BCUT2D eigenvalue weighted by molar-refractivity contribution is 5.93. The number of nitrogens with zero attached hydrogens (tertiary/aromatic N) is 3. The highest BCUT2D eigenvalue weighted by Gasteiger charge is 2.17. The van der Waals surface area contributed by atoms with Crippen LogP contribution in [0.1, 0.15) is 29.6 Å². The van der Waals surface area contributed by atoms with Crippen molar-refractivity contribution < 1.29 is 14.8 Å². The van der Waals surface area contributed by atoms with Crippen molar-refractivity contribution in [3.05, 3.63) is 27.9 Å². The van der Waals surface area contributed by atoms with Gasteiger partial charge in [-0.3, -0.25) is 10.1 Å². The Labute approximate surface area is 121 Å². The largest absolute Gasteiger partial charge is 0.478 e. The number of carbonyl (C=O) groups is 1. The molecule has 8 heteroatoms. The van der Waals surface area contributed by atoms with Crippen molar-refractivity contribution in [2.24, 2.45) is 0 Å². The van der Waals surface area contributed by atoms with E-state index in [1.807, 2.05) is 0 Å². The fraction of sp³-hybridized carbons (Fsp3) is 0.538. The molecule has 8 nitrogen and oxygen atoms in total. The van der Waals surface area contributed by atoms with Crippen LogP contribution >= 0.6 is 0 Å². The third-order valence-electron chi connectivity index (χ3n) is 3.46. The first-order chi connectivity index (χ1) is 10.1. The van der Waals surface area contributed by atoms with Gasteiger partial charge < -0.3 is 15.3 Å². The van der Waals surface area contributed by atoms with Gasteiger partial charge in [-0.2, -0.15) is 0 Å². The number of likely N-dealkylation sites (tertiary alicyclic amines) is 1. The van der Waals surface area contributed by atoms with E-state index in [-0.39, 0.29) is 17.1 Å². The van der Waals surface area contributed by atoms with Crippen LogP contribution in [0, 0.1) is 10.1 Å². The van der Waals surface area contributed by atoms with E-state index in [0.717, 1.165) is 38.3 Å². The number of aromatic nitrogens is 1. The lowest BCUT2D eigenvalue weighted by molar-refractivity contribution is -0.385. The summed E-state index contributed by atoms with van der Waals surface area (Å²) >= 11 is 0. The molecule has 0 bridgehead atoms. The molecule has 0 spiro atoms. The second-order valence-corrected chi connectivity index (χ2v) is 4.98. The lowest BCUT2D eigenvalue weighted by atomic mass is 10.2. The summed E-state index contributed by atoms with van der Waals surface area (Å²) in [6, 6.07) is 1.03. The summed E-state index contributed by atoms with van der Waals surface area (Å²) in [6.07, 6.45) is 4.41. The first-order valence-corrected chi connectivity index (χ1v) is 6.92. The van der Waals surface area contributed by atoms with E-state index in [1.165, 1.54) is 12.8 Å². The zero-order valence-electron chi connectivity index (χ0n) is 11.6. The van der Waals surface area contributed by atoms with Crippen LogP contribution in [0.25, 0.3) is 0 Å². The number of anilines is 1. The molecule has 0 unspecified atom stereocenters. The van der Waals surface area contributed by atoms with E-state index in [2.05, 4.69) is 15.2 Å². The molecule has 1 fully saturated rings. The molecule has 1 aliphatic heterocycles. The highest BCUT2D eigenvalue weighted by Crippen LogP contribution is 2.19. The molecule has 1 saturated heterocycles. The smallest absolute Gasteiger partial charge is 0.339 e. The van der Waals surface area contributed by atoms with Crippen molar-refractivity contribution in [3.63, 3.8) is 0 Å². The van der Waals surface area contributed by atoms with Crippen molar-refractivity contribution in [1.29, 1.82) is 0 Å².